The summed E-state index contributed by atoms with van der Waals surface area (Å²) in [7, 11) is 1.97. The van der Waals surface area contributed by atoms with E-state index in [0.717, 1.165) is 17.1 Å². The van der Waals surface area contributed by atoms with Crippen LogP contribution in [-0.2, 0) is 6.54 Å². The fourth-order valence-corrected chi connectivity index (χ4v) is 2.81. The zero-order valence-electron chi connectivity index (χ0n) is 11.1. The molecule has 1 aromatic carbocycles. The molecule has 20 heavy (non-hydrogen) atoms. The van der Waals surface area contributed by atoms with E-state index in [2.05, 4.69) is 17.9 Å². The van der Waals surface area contributed by atoms with E-state index in [0.29, 0.717) is 5.56 Å². The highest BCUT2D eigenvalue weighted by molar-refractivity contribution is 7.12. The van der Waals surface area contributed by atoms with Gasteiger partial charge < -0.3 is 10.0 Å². The van der Waals surface area contributed by atoms with Gasteiger partial charge in [0.05, 0.1) is 22.7 Å². The molecule has 3 nitrogen and oxygen atoms in total. The van der Waals surface area contributed by atoms with Gasteiger partial charge in [-0.25, -0.2) is 0 Å². The minimum Gasteiger partial charge on any atom is -0.384 e. The molecular formula is C16H14N2OS. The number of benzene rings is 1. The monoisotopic (exact) mass is 282 g/mol. The fraction of sp³-hybridized carbons (Fsp3) is 0.188. The summed E-state index contributed by atoms with van der Waals surface area (Å²) in [5, 5.41) is 17.8. The van der Waals surface area contributed by atoms with E-state index in [-0.39, 0.29) is 6.61 Å². The lowest BCUT2D eigenvalue weighted by atomic mass is 10.2. The summed E-state index contributed by atoms with van der Waals surface area (Å²) in [6.45, 7) is 0.604. The standard InChI is InChI=1S/C16H14N2OS/c1-18(16-7-3-2-5-13(16)11-17)12-15-9-8-14(20-15)6-4-10-19/h2-3,5,7-9,19H,10,12H2,1H3. The van der Waals surface area contributed by atoms with Crippen LogP contribution in [0.5, 0.6) is 0 Å². The van der Waals surface area contributed by atoms with Crippen LogP contribution in [0.3, 0.4) is 0 Å². The van der Waals surface area contributed by atoms with Crippen molar-refractivity contribution in [2.75, 3.05) is 18.6 Å². The topological polar surface area (TPSA) is 47.3 Å². The Labute approximate surface area is 122 Å². The van der Waals surface area contributed by atoms with Crippen molar-refractivity contribution in [3.05, 3.63) is 51.7 Å². The van der Waals surface area contributed by atoms with Crippen LogP contribution < -0.4 is 4.90 Å². The number of para-hydroxylation sites is 1. The van der Waals surface area contributed by atoms with Crippen molar-refractivity contribution in [3.63, 3.8) is 0 Å². The van der Waals surface area contributed by atoms with E-state index in [1.54, 1.807) is 11.3 Å². The zero-order chi connectivity index (χ0) is 14.4. The Morgan fingerprint density at radius 3 is 2.80 bits per heavy atom. The second kappa shape index (κ2) is 6.77. The minimum absolute atomic E-state index is 0.122. The van der Waals surface area contributed by atoms with Crippen LogP contribution in [-0.4, -0.2) is 18.8 Å². The third-order valence-electron chi connectivity index (χ3n) is 2.78. The Morgan fingerprint density at radius 1 is 1.25 bits per heavy atom. The highest BCUT2D eigenvalue weighted by Crippen LogP contribution is 2.23. The van der Waals surface area contributed by atoms with Gasteiger partial charge in [0.2, 0.25) is 0 Å². The molecule has 0 amide bonds. The quantitative estimate of drug-likeness (QED) is 0.880. The zero-order valence-corrected chi connectivity index (χ0v) is 11.9. The molecule has 0 fully saturated rings. The predicted octanol–water partition coefficient (Wildman–Crippen LogP) is 2.60. The van der Waals surface area contributed by atoms with Gasteiger partial charge in [-0.05, 0) is 24.3 Å². The third kappa shape index (κ3) is 3.39. The van der Waals surface area contributed by atoms with E-state index in [1.807, 2.05) is 48.3 Å². The lowest BCUT2D eigenvalue weighted by Gasteiger charge is -2.19. The average Bonchev–Trinajstić information content (AvgIpc) is 2.92. The Morgan fingerprint density at radius 2 is 2.05 bits per heavy atom. The normalized spacial score (nSPS) is 9.45. The van der Waals surface area contributed by atoms with E-state index in [9.17, 15) is 0 Å². The third-order valence-corrected chi connectivity index (χ3v) is 3.77. The number of hydrogen-bond acceptors (Lipinski definition) is 4. The van der Waals surface area contributed by atoms with Crippen molar-refractivity contribution in [3.8, 4) is 17.9 Å². The molecule has 1 N–H and O–H groups in total. The second-order valence-corrected chi connectivity index (χ2v) is 5.38. The molecule has 1 aromatic heterocycles. The van der Waals surface area contributed by atoms with Gasteiger partial charge in [-0.1, -0.05) is 24.0 Å². The molecule has 0 aliphatic rings. The van der Waals surface area contributed by atoms with Gasteiger partial charge in [-0.15, -0.1) is 11.3 Å². The summed E-state index contributed by atoms with van der Waals surface area (Å²) in [6.07, 6.45) is 0. The van der Waals surface area contributed by atoms with Crippen molar-refractivity contribution in [1.29, 1.82) is 5.26 Å². The van der Waals surface area contributed by atoms with Crippen LogP contribution in [0, 0.1) is 23.2 Å². The van der Waals surface area contributed by atoms with Crippen LogP contribution in [0.1, 0.15) is 15.3 Å². The van der Waals surface area contributed by atoms with Gasteiger partial charge in [0.25, 0.3) is 0 Å². The Hall–Kier alpha value is -2.27. The van der Waals surface area contributed by atoms with E-state index < -0.39 is 0 Å². The highest BCUT2D eigenvalue weighted by Gasteiger charge is 2.08. The SMILES string of the molecule is CN(Cc1ccc(C#CCO)s1)c1ccccc1C#N. The molecule has 0 saturated heterocycles. The number of nitriles is 1. The number of aliphatic hydroxyl groups excluding tert-OH is 1. The molecule has 2 aromatic rings. The van der Waals surface area contributed by atoms with Gasteiger partial charge >= 0.3 is 0 Å². The smallest absolute Gasteiger partial charge is 0.104 e. The molecular weight excluding hydrogens is 268 g/mol. The van der Waals surface area contributed by atoms with Crippen LogP contribution in [0.2, 0.25) is 0 Å². The maximum Gasteiger partial charge on any atom is 0.104 e. The molecule has 2 rings (SSSR count). The first-order chi connectivity index (χ1) is 9.74. The van der Waals surface area contributed by atoms with Crippen molar-refractivity contribution < 1.29 is 5.11 Å². The van der Waals surface area contributed by atoms with Gasteiger partial charge in [0.15, 0.2) is 0 Å². The number of nitrogens with zero attached hydrogens (tertiary/aromatic N) is 2. The Balaban J connectivity index is 2.13. The lowest BCUT2D eigenvalue weighted by Crippen LogP contribution is -2.16. The molecule has 0 saturated carbocycles. The number of thiophene rings is 1. The molecule has 4 heteroatoms. The highest BCUT2D eigenvalue weighted by atomic mass is 32.1. The van der Waals surface area contributed by atoms with E-state index in [4.69, 9.17) is 10.4 Å². The molecule has 0 unspecified atom stereocenters. The summed E-state index contributed by atoms with van der Waals surface area (Å²) in [6, 6.07) is 13.7. The van der Waals surface area contributed by atoms with Gasteiger partial charge in [-0.2, -0.15) is 5.26 Å². The second-order valence-electron chi connectivity index (χ2n) is 4.21. The number of aliphatic hydroxyl groups is 1. The first-order valence-corrected chi connectivity index (χ1v) is 6.95. The predicted molar refractivity (Wildman–Crippen MR) is 81.5 cm³/mol. The van der Waals surface area contributed by atoms with Crippen molar-refractivity contribution >= 4 is 17.0 Å². The average molecular weight is 282 g/mol. The molecule has 100 valence electrons. The van der Waals surface area contributed by atoms with Crippen LogP contribution >= 0.6 is 11.3 Å². The Kier molecular flexibility index (Phi) is 4.79. The van der Waals surface area contributed by atoms with Crippen molar-refractivity contribution in [2.45, 2.75) is 6.54 Å². The summed E-state index contributed by atoms with van der Waals surface area (Å²) in [5.41, 5.74) is 1.60. The van der Waals surface area contributed by atoms with Crippen molar-refractivity contribution in [1.82, 2.24) is 0 Å². The van der Waals surface area contributed by atoms with E-state index >= 15 is 0 Å². The maximum absolute atomic E-state index is 9.12. The molecule has 0 aliphatic heterocycles. The largest absolute Gasteiger partial charge is 0.384 e. The number of rotatable bonds is 3. The van der Waals surface area contributed by atoms with Crippen LogP contribution in [0.4, 0.5) is 5.69 Å². The van der Waals surface area contributed by atoms with Crippen LogP contribution in [0.25, 0.3) is 0 Å². The first-order valence-electron chi connectivity index (χ1n) is 6.13. The maximum atomic E-state index is 9.12. The lowest BCUT2D eigenvalue weighted by molar-refractivity contribution is 0.350. The first kappa shape index (κ1) is 14.1. The van der Waals surface area contributed by atoms with E-state index in [1.165, 1.54) is 4.88 Å². The minimum atomic E-state index is -0.122. The summed E-state index contributed by atoms with van der Waals surface area (Å²) in [5.74, 6) is 5.54. The molecule has 0 bridgehead atoms. The Bertz CT molecular complexity index is 688. The van der Waals surface area contributed by atoms with Crippen LogP contribution in [0.15, 0.2) is 36.4 Å². The summed E-state index contributed by atoms with van der Waals surface area (Å²) in [4.78, 5) is 4.16. The summed E-state index contributed by atoms with van der Waals surface area (Å²) >= 11 is 1.60. The number of hydrogen-bond donors (Lipinski definition) is 1. The molecule has 1 heterocycles. The van der Waals surface area contributed by atoms with Gasteiger partial charge in [0.1, 0.15) is 12.7 Å². The summed E-state index contributed by atoms with van der Waals surface area (Å²) < 4.78 is 0. The fourth-order valence-electron chi connectivity index (χ4n) is 1.88. The molecule has 0 spiro atoms. The molecule has 0 radical (unpaired) electrons. The number of anilines is 1. The van der Waals surface area contributed by atoms with Gasteiger partial charge in [0, 0.05) is 11.9 Å². The van der Waals surface area contributed by atoms with Gasteiger partial charge in [-0.3, -0.25) is 0 Å². The molecule has 0 aliphatic carbocycles. The van der Waals surface area contributed by atoms with Crippen molar-refractivity contribution in [2.24, 2.45) is 0 Å². The molecule has 0 atom stereocenters.